The van der Waals surface area contributed by atoms with Crippen molar-refractivity contribution >= 4 is 17.9 Å². The Bertz CT molecular complexity index is 987. The molecule has 3 rings (SSSR count). The fourth-order valence-electron chi connectivity index (χ4n) is 3.13. The van der Waals surface area contributed by atoms with Crippen LogP contribution in [0.1, 0.15) is 29.2 Å². The molecule has 28 heavy (non-hydrogen) atoms. The molecule has 140 valence electrons. The molecule has 0 aromatic heterocycles. The van der Waals surface area contributed by atoms with E-state index in [1.165, 1.54) is 11.1 Å². The molecule has 1 aliphatic heterocycles. The Kier molecular flexibility index (Phi) is 6.23. The molecule has 1 heterocycles. The standard InChI is InChI=1S/C26H25NO/c1-4-20-11-13-21(14-12-20)16-26(28)22(5-2)15-10-19(3)25-17-23-8-6-7-9-24(23)18-27-25/h4-15,17,27H,1,3,16,18H2,2H3/b15-10-,22-5+. The fourth-order valence-corrected chi connectivity index (χ4v) is 3.13. The van der Waals surface area contributed by atoms with Crippen LogP contribution in [-0.2, 0) is 17.8 Å². The van der Waals surface area contributed by atoms with Crippen LogP contribution in [0, 0.1) is 0 Å². The second-order valence-electron chi connectivity index (χ2n) is 6.76. The van der Waals surface area contributed by atoms with Crippen molar-refractivity contribution in [3.8, 4) is 0 Å². The molecule has 2 aromatic rings. The molecule has 0 bridgehead atoms. The van der Waals surface area contributed by atoms with Gasteiger partial charge >= 0.3 is 0 Å². The number of benzene rings is 2. The number of hydrogen-bond acceptors (Lipinski definition) is 2. The summed E-state index contributed by atoms with van der Waals surface area (Å²) in [5, 5.41) is 3.39. The van der Waals surface area contributed by atoms with Crippen molar-refractivity contribution in [2.75, 3.05) is 0 Å². The third kappa shape index (κ3) is 4.66. The van der Waals surface area contributed by atoms with E-state index in [-0.39, 0.29) is 5.78 Å². The van der Waals surface area contributed by atoms with Gasteiger partial charge in [-0.3, -0.25) is 4.79 Å². The van der Waals surface area contributed by atoms with Crippen molar-refractivity contribution in [3.05, 3.63) is 119 Å². The van der Waals surface area contributed by atoms with Crippen molar-refractivity contribution in [1.29, 1.82) is 0 Å². The number of carbonyl (C=O) groups excluding carboxylic acids is 1. The molecule has 0 radical (unpaired) electrons. The number of allylic oxidation sites excluding steroid dienone is 4. The van der Waals surface area contributed by atoms with Crippen LogP contribution >= 0.6 is 0 Å². The largest absolute Gasteiger partial charge is 0.380 e. The minimum atomic E-state index is 0.0915. The molecular weight excluding hydrogens is 342 g/mol. The van der Waals surface area contributed by atoms with E-state index in [2.05, 4.69) is 36.7 Å². The summed E-state index contributed by atoms with van der Waals surface area (Å²) in [4.78, 5) is 12.7. The van der Waals surface area contributed by atoms with Gasteiger partial charge in [0.05, 0.1) is 0 Å². The zero-order chi connectivity index (χ0) is 19.9. The second-order valence-corrected chi connectivity index (χ2v) is 6.76. The topological polar surface area (TPSA) is 29.1 Å². The van der Waals surface area contributed by atoms with Gasteiger partial charge in [0.1, 0.15) is 0 Å². The average molecular weight is 367 g/mol. The van der Waals surface area contributed by atoms with E-state index in [9.17, 15) is 4.79 Å². The number of rotatable bonds is 7. The highest BCUT2D eigenvalue weighted by atomic mass is 16.1. The molecule has 0 unspecified atom stereocenters. The van der Waals surface area contributed by atoms with Crippen molar-refractivity contribution in [1.82, 2.24) is 5.32 Å². The second kappa shape index (κ2) is 9.01. The van der Waals surface area contributed by atoms with Gasteiger partial charge in [-0.05, 0) is 40.8 Å². The van der Waals surface area contributed by atoms with Crippen LogP contribution in [0.5, 0.6) is 0 Å². The lowest BCUT2D eigenvalue weighted by Gasteiger charge is -2.19. The van der Waals surface area contributed by atoms with Crippen molar-refractivity contribution in [2.24, 2.45) is 0 Å². The normalized spacial score (nSPS) is 13.5. The van der Waals surface area contributed by atoms with Gasteiger partial charge < -0.3 is 5.32 Å². The van der Waals surface area contributed by atoms with E-state index in [0.717, 1.165) is 28.9 Å². The third-order valence-electron chi connectivity index (χ3n) is 4.85. The minimum absolute atomic E-state index is 0.0915. The lowest BCUT2D eigenvalue weighted by Crippen LogP contribution is -2.18. The number of ketones is 1. The number of Topliss-reactive ketones (excluding diaryl/α,β-unsaturated/α-hetero) is 1. The summed E-state index contributed by atoms with van der Waals surface area (Å²) in [6, 6.07) is 16.2. The van der Waals surface area contributed by atoms with Crippen LogP contribution in [0.15, 0.2) is 96.8 Å². The van der Waals surface area contributed by atoms with E-state index in [0.29, 0.717) is 12.0 Å². The first-order valence-corrected chi connectivity index (χ1v) is 9.42. The molecule has 0 amide bonds. The number of nitrogens with one attached hydrogen (secondary N) is 1. The van der Waals surface area contributed by atoms with Crippen molar-refractivity contribution in [2.45, 2.75) is 19.9 Å². The van der Waals surface area contributed by atoms with Crippen LogP contribution in [0.4, 0.5) is 0 Å². The first-order chi connectivity index (χ1) is 13.6. The first kappa shape index (κ1) is 19.4. The maximum absolute atomic E-state index is 12.7. The Labute approximate surface area is 167 Å². The summed E-state index contributed by atoms with van der Waals surface area (Å²) in [5.74, 6) is 0.0915. The third-order valence-corrected chi connectivity index (χ3v) is 4.85. The molecule has 0 saturated carbocycles. The monoisotopic (exact) mass is 367 g/mol. The molecule has 0 aliphatic carbocycles. The average Bonchev–Trinajstić information content (AvgIpc) is 2.74. The predicted molar refractivity (Wildman–Crippen MR) is 119 cm³/mol. The van der Waals surface area contributed by atoms with Gasteiger partial charge in [-0.1, -0.05) is 86.0 Å². The number of fused-ring (bicyclic) bond motifs is 1. The lowest BCUT2D eigenvalue weighted by molar-refractivity contribution is -0.114. The molecule has 0 atom stereocenters. The van der Waals surface area contributed by atoms with Crippen LogP contribution < -0.4 is 5.32 Å². The van der Waals surface area contributed by atoms with E-state index < -0.39 is 0 Å². The van der Waals surface area contributed by atoms with Crippen LogP contribution in [-0.4, -0.2) is 5.78 Å². The van der Waals surface area contributed by atoms with Crippen LogP contribution in [0.25, 0.3) is 12.2 Å². The van der Waals surface area contributed by atoms with Gasteiger partial charge in [0.15, 0.2) is 5.78 Å². The van der Waals surface area contributed by atoms with E-state index in [4.69, 9.17) is 0 Å². The predicted octanol–water partition coefficient (Wildman–Crippen LogP) is 5.64. The van der Waals surface area contributed by atoms with Gasteiger partial charge in [-0.2, -0.15) is 0 Å². The van der Waals surface area contributed by atoms with E-state index in [1.807, 2.05) is 61.5 Å². The minimum Gasteiger partial charge on any atom is -0.380 e. The summed E-state index contributed by atoms with van der Waals surface area (Å²) < 4.78 is 0. The first-order valence-electron chi connectivity index (χ1n) is 9.42. The highest BCUT2D eigenvalue weighted by Crippen LogP contribution is 2.21. The fraction of sp³-hybridized carbons (Fsp3) is 0.115. The number of carbonyl (C=O) groups is 1. The maximum atomic E-state index is 12.7. The maximum Gasteiger partial charge on any atom is 0.166 e. The Balaban J connectivity index is 1.67. The SMILES string of the molecule is C=Cc1ccc(CC(=O)C(/C=C\C(=C)C2=Cc3ccccc3CN2)=C/C)cc1. The smallest absolute Gasteiger partial charge is 0.166 e. The molecule has 1 N–H and O–H groups in total. The quantitative estimate of drug-likeness (QED) is 0.506. The van der Waals surface area contributed by atoms with Gasteiger partial charge in [-0.15, -0.1) is 0 Å². The molecule has 1 aliphatic rings. The Morgan fingerprint density at radius 1 is 1.11 bits per heavy atom. The van der Waals surface area contributed by atoms with Crippen molar-refractivity contribution in [3.63, 3.8) is 0 Å². The molecule has 0 saturated heterocycles. The Morgan fingerprint density at radius 2 is 1.86 bits per heavy atom. The zero-order valence-corrected chi connectivity index (χ0v) is 16.2. The van der Waals surface area contributed by atoms with Gasteiger partial charge in [-0.25, -0.2) is 0 Å². The lowest BCUT2D eigenvalue weighted by atomic mass is 9.98. The van der Waals surface area contributed by atoms with E-state index >= 15 is 0 Å². The summed E-state index contributed by atoms with van der Waals surface area (Å²) in [6.45, 7) is 10.6. The number of hydrogen-bond donors (Lipinski definition) is 1. The highest BCUT2D eigenvalue weighted by Gasteiger charge is 2.11. The molecule has 2 heteroatoms. The highest BCUT2D eigenvalue weighted by molar-refractivity contribution is 5.99. The van der Waals surface area contributed by atoms with Crippen molar-refractivity contribution < 1.29 is 4.79 Å². The van der Waals surface area contributed by atoms with Gasteiger partial charge in [0, 0.05) is 24.2 Å². The summed E-state index contributed by atoms with van der Waals surface area (Å²) in [6.07, 6.45) is 9.88. The molecule has 2 nitrogen and oxygen atoms in total. The Hall–Kier alpha value is -3.39. The van der Waals surface area contributed by atoms with Crippen LogP contribution in [0.2, 0.25) is 0 Å². The van der Waals surface area contributed by atoms with Gasteiger partial charge in [0.25, 0.3) is 0 Å². The Morgan fingerprint density at radius 3 is 2.57 bits per heavy atom. The summed E-state index contributed by atoms with van der Waals surface area (Å²) in [5.41, 5.74) is 7.05. The van der Waals surface area contributed by atoms with Crippen LogP contribution in [0.3, 0.4) is 0 Å². The molecular formula is C26H25NO. The molecule has 0 fully saturated rings. The van der Waals surface area contributed by atoms with E-state index in [1.54, 1.807) is 6.08 Å². The summed E-state index contributed by atoms with van der Waals surface area (Å²) in [7, 11) is 0. The van der Waals surface area contributed by atoms with Gasteiger partial charge in [0.2, 0.25) is 0 Å². The molecule has 2 aromatic carbocycles. The summed E-state index contributed by atoms with van der Waals surface area (Å²) >= 11 is 0. The molecule has 0 spiro atoms. The zero-order valence-electron chi connectivity index (χ0n) is 16.2.